The molecule has 0 atom stereocenters. The van der Waals surface area contributed by atoms with Crippen molar-refractivity contribution in [2.75, 3.05) is 0 Å². The van der Waals surface area contributed by atoms with Gasteiger partial charge in [-0.2, -0.15) is 5.26 Å². The zero-order valence-corrected chi connectivity index (χ0v) is 8.91. The lowest BCUT2D eigenvalue weighted by Gasteiger charge is -1.97. The predicted octanol–water partition coefficient (Wildman–Crippen LogP) is 3.47. The fraction of sp³-hybridized carbons (Fsp3) is 0. The van der Waals surface area contributed by atoms with E-state index < -0.39 is 0 Å². The first-order valence-electron chi connectivity index (χ1n) is 2.70. The van der Waals surface area contributed by atoms with Gasteiger partial charge in [0.25, 0.3) is 0 Å². The summed E-state index contributed by atoms with van der Waals surface area (Å²) in [5.74, 6) is 0. The zero-order chi connectivity index (χ0) is 8.43. The predicted molar refractivity (Wildman–Crippen MR) is 53.9 cm³/mol. The van der Waals surface area contributed by atoms with E-state index in [1.165, 1.54) is 0 Å². The van der Waals surface area contributed by atoms with Crippen molar-refractivity contribution in [3.8, 4) is 6.07 Å². The van der Waals surface area contributed by atoms with Crippen molar-refractivity contribution in [2.45, 2.75) is 0 Å². The van der Waals surface area contributed by atoms with Crippen LogP contribution in [0.2, 0.25) is 10.0 Å². The number of rotatable bonds is 0. The second-order valence-corrected chi connectivity index (χ2v) is 3.83. The molecule has 0 N–H and O–H groups in total. The summed E-state index contributed by atoms with van der Waals surface area (Å²) in [6.45, 7) is 0. The Bertz CT molecular complexity index is 330. The molecule has 0 aliphatic rings. The molecule has 0 fully saturated rings. The average Bonchev–Trinajstić information content (AvgIpc) is 1.97. The van der Waals surface area contributed by atoms with Crippen LogP contribution in [0.5, 0.6) is 0 Å². The summed E-state index contributed by atoms with van der Waals surface area (Å²) in [6.07, 6.45) is 0. The van der Waals surface area contributed by atoms with Gasteiger partial charge in [-0.1, -0.05) is 23.2 Å². The molecule has 0 aliphatic carbocycles. The standard InChI is InChI=1S/C7H2Cl2IN/c8-5-2-7(10)6(9)1-4(5)3-11/h1-2H. The maximum absolute atomic E-state index is 8.54. The van der Waals surface area contributed by atoms with Crippen LogP contribution in [-0.4, -0.2) is 0 Å². The highest BCUT2D eigenvalue weighted by Crippen LogP contribution is 2.25. The van der Waals surface area contributed by atoms with Gasteiger partial charge in [0.2, 0.25) is 0 Å². The van der Waals surface area contributed by atoms with Gasteiger partial charge >= 0.3 is 0 Å². The quantitative estimate of drug-likeness (QED) is 0.531. The van der Waals surface area contributed by atoms with Gasteiger partial charge in [0, 0.05) is 3.57 Å². The number of hydrogen-bond donors (Lipinski definition) is 0. The molecule has 0 spiro atoms. The van der Waals surface area contributed by atoms with Crippen LogP contribution in [-0.2, 0) is 0 Å². The molecule has 0 amide bonds. The number of benzene rings is 1. The van der Waals surface area contributed by atoms with Gasteiger partial charge in [-0.05, 0) is 34.7 Å². The summed E-state index contributed by atoms with van der Waals surface area (Å²) in [5.41, 5.74) is 0.414. The van der Waals surface area contributed by atoms with Crippen molar-refractivity contribution < 1.29 is 0 Å². The van der Waals surface area contributed by atoms with Crippen molar-refractivity contribution in [2.24, 2.45) is 0 Å². The Labute approximate surface area is 88.1 Å². The van der Waals surface area contributed by atoms with E-state index in [1.54, 1.807) is 12.1 Å². The fourth-order valence-electron chi connectivity index (χ4n) is 0.608. The Morgan fingerprint density at radius 3 is 2.45 bits per heavy atom. The van der Waals surface area contributed by atoms with E-state index in [0.29, 0.717) is 15.6 Å². The van der Waals surface area contributed by atoms with Crippen molar-refractivity contribution in [1.29, 1.82) is 5.26 Å². The molecule has 0 unspecified atom stereocenters. The summed E-state index contributed by atoms with van der Waals surface area (Å²) in [6, 6.07) is 5.17. The molecular weight excluding hydrogens is 296 g/mol. The third-order valence-electron chi connectivity index (χ3n) is 1.13. The Morgan fingerprint density at radius 1 is 1.27 bits per heavy atom. The Kier molecular flexibility index (Phi) is 2.99. The minimum absolute atomic E-state index is 0.414. The van der Waals surface area contributed by atoms with Crippen molar-refractivity contribution >= 4 is 45.8 Å². The van der Waals surface area contributed by atoms with E-state index >= 15 is 0 Å². The Balaban J connectivity index is 3.35. The van der Waals surface area contributed by atoms with Crippen LogP contribution in [0.3, 0.4) is 0 Å². The first kappa shape index (κ1) is 9.11. The number of halogens is 3. The largest absolute Gasteiger partial charge is 0.192 e. The van der Waals surface area contributed by atoms with E-state index in [-0.39, 0.29) is 0 Å². The molecule has 1 rings (SSSR count). The molecule has 0 heterocycles. The van der Waals surface area contributed by atoms with Gasteiger partial charge in [-0.3, -0.25) is 0 Å². The molecule has 56 valence electrons. The van der Waals surface area contributed by atoms with Crippen LogP contribution >= 0.6 is 45.8 Å². The first-order valence-corrected chi connectivity index (χ1v) is 4.53. The summed E-state index contributed by atoms with van der Waals surface area (Å²) < 4.78 is 0.855. The van der Waals surface area contributed by atoms with E-state index in [0.717, 1.165) is 3.57 Å². The molecule has 11 heavy (non-hydrogen) atoms. The molecule has 1 aromatic carbocycles. The van der Waals surface area contributed by atoms with Gasteiger partial charge in [0.05, 0.1) is 15.6 Å². The first-order chi connectivity index (χ1) is 5.15. The van der Waals surface area contributed by atoms with Crippen molar-refractivity contribution in [1.82, 2.24) is 0 Å². The van der Waals surface area contributed by atoms with Crippen LogP contribution < -0.4 is 0 Å². The van der Waals surface area contributed by atoms with Gasteiger partial charge in [0.15, 0.2) is 0 Å². The third-order valence-corrected chi connectivity index (χ3v) is 2.97. The van der Waals surface area contributed by atoms with Crippen LogP contribution in [0.15, 0.2) is 12.1 Å². The molecule has 4 heteroatoms. The molecule has 1 nitrogen and oxygen atoms in total. The summed E-state index contributed by atoms with van der Waals surface area (Å²) >= 11 is 13.5. The molecule has 0 radical (unpaired) electrons. The smallest absolute Gasteiger partial charge is 0.101 e. The summed E-state index contributed by atoms with van der Waals surface area (Å²) in [5, 5.41) is 9.55. The van der Waals surface area contributed by atoms with Gasteiger partial charge in [-0.25, -0.2) is 0 Å². The number of nitrogens with zero attached hydrogens (tertiary/aromatic N) is 1. The molecule has 0 saturated heterocycles. The topological polar surface area (TPSA) is 23.8 Å². The van der Waals surface area contributed by atoms with Crippen LogP contribution in [0, 0.1) is 14.9 Å². The van der Waals surface area contributed by atoms with E-state index in [1.807, 2.05) is 6.07 Å². The van der Waals surface area contributed by atoms with E-state index in [9.17, 15) is 0 Å². The number of nitriles is 1. The highest BCUT2D eigenvalue weighted by molar-refractivity contribution is 14.1. The van der Waals surface area contributed by atoms with Gasteiger partial charge < -0.3 is 0 Å². The van der Waals surface area contributed by atoms with Crippen LogP contribution in [0.4, 0.5) is 0 Å². The van der Waals surface area contributed by atoms with Gasteiger partial charge in [0.1, 0.15) is 6.07 Å². The minimum atomic E-state index is 0.414. The lowest BCUT2D eigenvalue weighted by atomic mass is 10.2. The van der Waals surface area contributed by atoms with E-state index in [4.69, 9.17) is 28.5 Å². The number of hydrogen-bond acceptors (Lipinski definition) is 1. The lowest BCUT2D eigenvalue weighted by Crippen LogP contribution is -1.80. The molecular formula is C7H2Cl2IN. The lowest BCUT2D eigenvalue weighted by molar-refractivity contribution is 1.48. The second kappa shape index (κ2) is 3.61. The highest BCUT2D eigenvalue weighted by Gasteiger charge is 2.03. The van der Waals surface area contributed by atoms with Crippen molar-refractivity contribution in [3.63, 3.8) is 0 Å². The van der Waals surface area contributed by atoms with Crippen LogP contribution in [0.1, 0.15) is 5.56 Å². The fourth-order valence-corrected chi connectivity index (χ4v) is 1.63. The zero-order valence-electron chi connectivity index (χ0n) is 5.24. The maximum Gasteiger partial charge on any atom is 0.101 e. The Morgan fingerprint density at radius 2 is 1.91 bits per heavy atom. The average molecular weight is 298 g/mol. The second-order valence-electron chi connectivity index (χ2n) is 1.86. The van der Waals surface area contributed by atoms with Crippen molar-refractivity contribution in [3.05, 3.63) is 31.3 Å². The molecule has 0 saturated carbocycles. The summed E-state index contributed by atoms with van der Waals surface area (Å²) in [7, 11) is 0. The monoisotopic (exact) mass is 297 g/mol. The maximum atomic E-state index is 8.54. The Hall–Kier alpha value is 0.0200. The normalized spacial score (nSPS) is 9.27. The van der Waals surface area contributed by atoms with E-state index in [2.05, 4.69) is 22.6 Å². The molecule has 0 bridgehead atoms. The highest BCUT2D eigenvalue weighted by atomic mass is 127. The molecule has 1 aromatic rings. The SMILES string of the molecule is N#Cc1cc(Cl)c(I)cc1Cl. The summed E-state index contributed by atoms with van der Waals surface area (Å²) in [4.78, 5) is 0. The molecule has 0 aromatic heterocycles. The molecule has 0 aliphatic heterocycles. The minimum Gasteiger partial charge on any atom is -0.192 e. The van der Waals surface area contributed by atoms with Gasteiger partial charge in [-0.15, -0.1) is 0 Å². The third kappa shape index (κ3) is 1.98. The van der Waals surface area contributed by atoms with Crippen LogP contribution in [0.25, 0.3) is 0 Å².